The van der Waals surface area contributed by atoms with Crippen LogP contribution < -0.4 is 5.73 Å². The minimum atomic E-state index is -0.751. The lowest BCUT2D eigenvalue weighted by atomic mass is 10.0. The predicted octanol–water partition coefficient (Wildman–Crippen LogP) is 4.17. The molecule has 0 bridgehead atoms. The Morgan fingerprint density at radius 3 is 2.43 bits per heavy atom. The van der Waals surface area contributed by atoms with Crippen LogP contribution in [0.25, 0.3) is 11.1 Å². The van der Waals surface area contributed by atoms with E-state index in [2.05, 4.69) is 4.74 Å². The van der Waals surface area contributed by atoms with E-state index in [0.29, 0.717) is 13.0 Å². The van der Waals surface area contributed by atoms with Crippen LogP contribution in [0.15, 0.2) is 42.5 Å². The summed E-state index contributed by atoms with van der Waals surface area (Å²) in [5, 5.41) is 0.111. The van der Waals surface area contributed by atoms with Gasteiger partial charge in [0.25, 0.3) is 0 Å². The van der Waals surface area contributed by atoms with Gasteiger partial charge in [0.15, 0.2) is 0 Å². The smallest absolute Gasteiger partial charge is 0.404 e. The Labute approximate surface area is 127 Å². The zero-order chi connectivity index (χ0) is 15.2. The zero-order valence-electron chi connectivity index (χ0n) is 11.3. The second-order valence-corrected chi connectivity index (χ2v) is 5.00. The number of hydrogen-bond acceptors (Lipinski definition) is 2. The van der Waals surface area contributed by atoms with Crippen molar-refractivity contribution in [2.24, 2.45) is 5.73 Å². The van der Waals surface area contributed by atoms with Crippen LogP contribution in [0.5, 0.6) is 0 Å². The molecule has 0 aliphatic rings. The first-order valence-electron chi connectivity index (χ1n) is 6.53. The minimum absolute atomic E-state index is 0.111. The van der Waals surface area contributed by atoms with Gasteiger partial charge in [0.1, 0.15) is 5.82 Å². The topological polar surface area (TPSA) is 52.3 Å². The van der Waals surface area contributed by atoms with Gasteiger partial charge in [-0.2, -0.15) is 0 Å². The molecule has 0 spiro atoms. The molecule has 5 heteroatoms. The lowest BCUT2D eigenvalue weighted by Crippen LogP contribution is -2.13. The third kappa shape index (κ3) is 4.46. The molecule has 0 fully saturated rings. The third-order valence-electron chi connectivity index (χ3n) is 3.06. The fraction of sp³-hybridized carbons (Fsp3) is 0.188. The fourth-order valence-corrected chi connectivity index (χ4v) is 2.17. The Bertz CT molecular complexity index is 629. The largest absolute Gasteiger partial charge is 0.450 e. The summed E-state index contributed by atoms with van der Waals surface area (Å²) < 4.78 is 17.8. The van der Waals surface area contributed by atoms with E-state index in [1.165, 1.54) is 6.07 Å². The summed E-state index contributed by atoms with van der Waals surface area (Å²) in [6, 6.07) is 12.5. The number of halogens is 2. The van der Waals surface area contributed by atoms with Crippen molar-refractivity contribution >= 4 is 17.7 Å². The van der Waals surface area contributed by atoms with Gasteiger partial charge in [-0.15, -0.1) is 0 Å². The molecule has 0 unspecified atom stereocenters. The molecule has 0 aliphatic heterocycles. The van der Waals surface area contributed by atoms with Crippen LogP contribution in [0.4, 0.5) is 9.18 Å². The molecule has 0 heterocycles. The molecule has 1 amide bonds. The highest BCUT2D eigenvalue weighted by Crippen LogP contribution is 2.25. The number of primary amides is 1. The Kier molecular flexibility index (Phi) is 5.17. The molecule has 2 N–H and O–H groups in total. The van der Waals surface area contributed by atoms with E-state index in [-0.39, 0.29) is 5.02 Å². The molecule has 2 rings (SSSR count). The number of benzene rings is 2. The SMILES string of the molecule is NC(=O)OCCCc1ccc(-c2ccc(F)c(Cl)c2)cc1. The number of nitrogens with two attached hydrogens (primary N) is 1. The van der Waals surface area contributed by atoms with Gasteiger partial charge in [-0.3, -0.25) is 0 Å². The second kappa shape index (κ2) is 7.09. The summed E-state index contributed by atoms with van der Waals surface area (Å²) in [7, 11) is 0. The molecule has 0 radical (unpaired) electrons. The van der Waals surface area contributed by atoms with Gasteiger partial charge >= 0.3 is 6.09 Å². The highest BCUT2D eigenvalue weighted by molar-refractivity contribution is 6.31. The van der Waals surface area contributed by atoms with Gasteiger partial charge in [0.2, 0.25) is 0 Å². The van der Waals surface area contributed by atoms with Gasteiger partial charge in [-0.1, -0.05) is 41.9 Å². The number of aryl methyl sites for hydroxylation is 1. The molecular weight excluding hydrogens is 293 g/mol. The predicted molar refractivity (Wildman–Crippen MR) is 80.7 cm³/mol. The van der Waals surface area contributed by atoms with Crippen LogP contribution in [-0.4, -0.2) is 12.7 Å². The second-order valence-electron chi connectivity index (χ2n) is 4.60. The van der Waals surface area contributed by atoms with Crippen LogP contribution >= 0.6 is 11.6 Å². The minimum Gasteiger partial charge on any atom is -0.450 e. The average molecular weight is 308 g/mol. The van der Waals surface area contributed by atoms with Crippen molar-refractivity contribution in [2.45, 2.75) is 12.8 Å². The molecule has 110 valence electrons. The van der Waals surface area contributed by atoms with E-state index in [4.69, 9.17) is 17.3 Å². The highest BCUT2D eigenvalue weighted by Gasteiger charge is 2.03. The van der Waals surface area contributed by atoms with E-state index in [9.17, 15) is 9.18 Å². The number of ether oxygens (including phenoxy) is 1. The number of rotatable bonds is 5. The Morgan fingerprint density at radius 2 is 1.81 bits per heavy atom. The summed E-state index contributed by atoms with van der Waals surface area (Å²) >= 11 is 5.78. The molecule has 3 nitrogen and oxygen atoms in total. The molecule has 0 saturated heterocycles. The van der Waals surface area contributed by atoms with E-state index in [0.717, 1.165) is 23.1 Å². The maximum Gasteiger partial charge on any atom is 0.404 e. The lowest BCUT2D eigenvalue weighted by Gasteiger charge is -2.06. The van der Waals surface area contributed by atoms with Crippen LogP contribution in [0.2, 0.25) is 5.02 Å². The van der Waals surface area contributed by atoms with Crippen molar-refractivity contribution in [1.29, 1.82) is 0 Å². The highest BCUT2D eigenvalue weighted by atomic mass is 35.5. The number of hydrogen-bond donors (Lipinski definition) is 1. The first-order valence-corrected chi connectivity index (χ1v) is 6.90. The molecule has 2 aromatic carbocycles. The molecule has 0 aromatic heterocycles. The van der Waals surface area contributed by atoms with Gasteiger partial charge in [-0.25, -0.2) is 9.18 Å². The van der Waals surface area contributed by atoms with Crippen LogP contribution in [0.1, 0.15) is 12.0 Å². The van der Waals surface area contributed by atoms with Gasteiger partial charge in [0, 0.05) is 0 Å². The van der Waals surface area contributed by atoms with Crippen molar-refractivity contribution in [2.75, 3.05) is 6.61 Å². The molecule has 21 heavy (non-hydrogen) atoms. The molecule has 0 saturated carbocycles. The van der Waals surface area contributed by atoms with Crippen LogP contribution in [-0.2, 0) is 11.2 Å². The third-order valence-corrected chi connectivity index (χ3v) is 3.35. The van der Waals surface area contributed by atoms with Gasteiger partial charge in [0.05, 0.1) is 11.6 Å². The molecule has 2 aromatic rings. The van der Waals surface area contributed by atoms with E-state index < -0.39 is 11.9 Å². The molecule has 0 atom stereocenters. The standard InChI is InChI=1S/C16H15ClFNO2/c17-14-10-13(7-8-15(14)18)12-5-3-11(4-6-12)2-1-9-21-16(19)20/h3-8,10H,1-2,9H2,(H2,19,20). The normalized spacial score (nSPS) is 10.4. The summed E-state index contributed by atoms with van der Waals surface area (Å²) in [5.74, 6) is -0.425. The average Bonchev–Trinajstić information content (AvgIpc) is 2.47. The maximum atomic E-state index is 13.1. The Morgan fingerprint density at radius 1 is 1.14 bits per heavy atom. The number of amides is 1. The van der Waals surface area contributed by atoms with Crippen LogP contribution in [0.3, 0.4) is 0 Å². The first kappa shape index (κ1) is 15.3. The Balaban J connectivity index is 1.98. The molecular formula is C16H15ClFNO2. The summed E-state index contributed by atoms with van der Waals surface area (Å²) in [6.45, 7) is 0.310. The van der Waals surface area contributed by atoms with Crippen molar-refractivity contribution in [3.63, 3.8) is 0 Å². The summed E-state index contributed by atoms with van der Waals surface area (Å²) in [6.07, 6.45) is 0.751. The van der Waals surface area contributed by atoms with Crippen molar-refractivity contribution in [3.8, 4) is 11.1 Å². The lowest BCUT2D eigenvalue weighted by molar-refractivity contribution is 0.155. The maximum absolute atomic E-state index is 13.1. The first-order chi connectivity index (χ1) is 10.1. The fourth-order valence-electron chi connectivity index (χ4n) is 1.99. The van der Waals surface area contributed by atoms with E-state index >= 15 is 0 Å². The molecule has 0 aliphatic carbocycles. The summed E-state index contributed by atoms with van der Waals surface area (Å²) in [5.41, 5.74) is 7.84. The summed E-state index contributed by atoms with van der Waals surface area (Å²) in [4.78, 5) is 10.4. The Hall–Kier alpha value is -2.07. The zero-order valence-corrected chi connectivity index (χ0v) is 12.1. The van der Waals surface area contributed by atoms with Crippen molar-refractivity contribution in [1.82, 2.24) is 0 Å². The monoisotopic (exact) mass is 307 g/mol. The van der Waals surface area contributed by atoms with E-state index in [1.54, 1.807) is 12.1 Å². The van der Waals surface area contributed by atoms with Crippen LogP contribution in [0, 0.1) is 5.82 Å². The van der Waals surface area contributed by atoms with Crippen molar-refractivity contribution in [3.05, 3.63) is 58.9 Å². The van der Waals surface area contributed by atoms with E-state index in [1.807, 2.05) is 24.3 Å². The van der Waals surface area contributed by atoms with Gasteiger partial charge < -0.3 is 10.5 Å². The number of carbonyl (C=O) groups excluding carboxylic acids is 1. The number of carbonyl (C=O) groups is 1. The van der Waals surface area contributed by atoms with Gasteiger partial charge in [-0.05, 0) is 41.7 Å². The van der Waals surface area contributed by atoms with Crippen molar-refractivity contribution < 1.29 is 13.9 Å². The quantitative estimate of drug-likeness (QED) is 0.843.